The monoisotopic (exact) mass is 132 g/mol. The van der Waals surface area contributed by atoms with Crippen molar-refractivity contribution >= 4 is 17.4 Å². The van der Waals surface area contributed by atoms with Gasteiger partial charge < -0.3 is 6.53 Å². The molecule has 2 nitrogen and oxygen atoms in total. The molecule has 0 aliphatic carbocycles. The predicted molar refractivity (Wildman–Crippen MR) is 23.9 cm³/mol. The summed E-state index contributed by atoms with van der Waals surface area (Å²) in [4.78, 5) is 9.80. The van der Waals surface area contributed by atoms with Crippen LogP contribution in [0.3, 0.4) is 0 Å². The van der Waals surface area contributed by atoms with E-state index in [9.17, 15) is 4.79 Å². The molecular weight excluding hydrogens is 126 g/mol. The van der Waals surface area contributed by atoms with E-state index >= 15 is 0 Å². The van der Waals surface area contributed by atoms with E-state index in [1.54, 1.807) is 0 Å². The number of rotatable bonds is 2. The third-order valence-corrected chi connectivity index (χ3v) is 0.623. The van der Waals surface area contributed by atoms with Crippen molar-refractivity contribution in [2.45, 2.75) is 0 Å². The fourth-order valence-corrected chi connectivity index (χ4v) is 0.127. The van der Waals surface area contributed by atoms with Crippen LogP contribution in [0.2, 0.25) is 0 Å². The Morgan fingerprint density at radius 1 is 1.86 bits per heavy atom. The number of halogens is 1. The van der Waals surface area contributed by atoms with E-state index in [0.717, 1.165) is 0 Å². The number of aliphatic hydroxyl groups is 1. The minimum atomic E-state index is -0.441. The molecule has 0 radical (unpaired) electrons. The van der Waals surface area contributed by atoms with Gasteiger partial charge >= 0.3 is 29.6 Å². The molecule has 0 amide bonds. The smallest absolute Gasteiger partial charge is 1.00 e. The molecule has 0 fully saturated rings. The summed E-state index contributed by atoms with van der Waals surface area (Å²) in [5.41, 5.74) is 0. The van der Waals surface area contributed by atoms with Gasteiger partial charge in [0.1, 0.15) is 6.61 Å². The van der Waals surface area contributed by atoms with E-state index in [2.05, 4.69) is 0 Å². The van der Waals surface area contributed by atoms with Crippen molar-refractivity contribution in [3.63, 3.8) is 0 Å². The molecule has 0 spiro atoms. The van der Waals surface area contributed by atoms with Crippen LogP contribution in [0, 0.1) is 0 Å². The Balaban J connectivity index is -0.000000125. The van der Waals surface area contributed by atoms with Gasteiger partial charge in [0.15, 0.2) is 5.78 Å². The van der Waals surface area contributed by atoms with Crippen LogP contribution in [0.4, 0.5) is 0 Å². The summed E-state index contributed by atoms with van der Waals surface area (Å²) in [7, 11) is 0. The first-order valence-corrected chi connectivity index (χ1v) is 2.03. The number of carbonyl (C=O) groups is 1. The van der Waals surface area contributed by atoms with Crippen LogP contribution < -0.4 is 29.6 Å². The fourth-order valence-electron chi connectivity index (χ4n) is 0.0423. The summed E-state index contributed by atoms with van der Waals surface area (Å²) in [5.74, 6) is -0.423. The molecule has 1 N–H and O–H groups in total. The number of ketones is 1. The molecule has 4 heteroatoms. The quantitative estimate of drug-likeness (QED) is 0.319. The van der Waals surface area contributed by atoms with E-state index in [0.29, 0.717) is 0 Å². The molecule has 7 heavy (non-hydrogen) atoms. The SMILES string of the molecule is O=C(CO)CCl.[H-].[Na+]. The number of hydrogen-bond acceptors (Lipinski definition) is 2. The average molecular weight is 133 g/mol. The first-order chi connectivity index (χ1) is 2.81. The maximum absolute atomic E-state index is 9.80. The Bertz CT molecular complexity index is 55.2. The Morgan fingerprint density at radius 3 is 2.29 bits per heavy atom. The second-order valence-electron chi connectivity index (χ2n) is 0.830. The van der Waals surface area contributed by atoms with Crippen molar-refractivity contribution in [1.29, 1.82) is 0 Å². The van der Waals surface area contributed by atoms with Crippen LogP contribution in [-0.2, 0) is 4.79 Å². The van der Waals surface area contributed by atoms with Crippen LogP contribution in [0.25, 0.3) is 0 Å². The zero-order chi connectivity index (χ0) is 4.99. The van der Waals surface area contributed by atoms with Crippen LogP contribution >= 0.6 is 11.6 Å². The van der Waals surface area contributed by atoms with Crippen molar-refractivity contribution in [3.05, 3.63) is 0 Å². The molecule has 0 rings (SSSR count). The van der Waals surface area contributed by atoms with Gasteiger partial charge in [0, 0.05) is 0 Å². The van der Waals surface area contributed by atoms with Gasteiger partial charge in [-0.05, 0) is 0 Å². The normalized spacial score (nSPS) is 7.14. The average Bonchev–Trinajstić information content (AvgIpc) is 1.65. The number of carbonyl (C=O) groups excluding carboxylic acids is 1. The van der Waals surface area contributed by atoms with Crippen molar-refractivity contribution in [2.75, 3.05) is 12.5 Å². The topological polar surface area (TPSA) is 37.3 Å². The van der Waals surface area contributed by atoms with Crippen LogP contribution in [0.15, 0.2) is 0 Å². The van der Waals surface area contributed by atoms with Gasteiger partial charge in [0.25, 0.3) is 0 Å². The van der Waals surface area contributed by atoms with Crippen molar-refractivity contribution in [3.8, 4) is 0 Å². The third kappa shape index (κ3) is 6.92. The molecular formula is C3H6ClNaO2. The summed E-state index contributed by atoms with van der Waals surface area (Å²) < 4.78 is 0. The van der Waals surface area contributed by atoms with Gasteiger partial charge in [-0.1, -0.05) is 0 Å². The minimum absolute atomic E-state index is 0. The molecule has 38 valence electrons. The number of Topliss-reactive ketones (excluding diaryl/α,β-unsaturated/α-hetero) is 1. The van der Waals surface area contributed by atoms with Gasteiger partial charge in [0.05, 0.1) is 5.88 Å². The number of hydrogen-bond donors (Lipinski definition) is 1. The predicted octanol–water partition coefficient (Wildman–Crippen LogP) is -3.10. The Labute approximate surface area is 70.6 Å². The third-order valence-electron chi connectivity index (χ3n) is 0.325. The van der Waals surface area contributed by atoms with Crippen LogP contribution in [-0.4, -0.2) is 23.4 Å². The van der Waals surface area contributed by atoms with Crippen LogP contribution in [0.1, 0.15) is 1.43 Å². The summed E-state index contributed by atoms with van der Waals surface area (Å²) in [5, 5.41) is 7.90. The molecule has 0 atom stereocenters. The first-order valence-electron chi connectivity index (χ1n) is 1.49. The first kappa shape index (κ1) is 10.8. The standard InChI is InChI=1S/C3H5ClO2.Na.H/c4-1-3(6)2-5;;/h5H,1-2H2;;/q;+1;-1. The zero-order valence-electron chi connectivity index (χ0n) is 5.15. The summed E-state index contributed by atoms with van der Waals surface area (Å²) in [6.07, 6.45) is 0. The number of aliphatic hydroxyl groups excluding tert-OH is 1. The molecule has 0 bridgehead atoms. The van der Waals surface area contributed by atoms with Gasteiger partial charge in [0.2, 0.25) is 0 Å². The van der Waals surface area contributed by atoms with E-state index in [1.807, 2.05) is 0 Å². The van der Waals surface area contributed by atoms with Crippen LogP contribution in [0.5, 0.6) is 0 Å². The van der Waals surface area contributed by atoms with E-state index in [1.165, 1.54) is 0 Å². The fraction of sp³-hybridized carbons (Fsp3) is 0.667. The molecule has 0 saturated heterocycles. The second kappa shape index (κ2) is 6.92. The molecule has 0 aromatic rings. The Morgan fingerprint density at radius 2 is 2.29 bits per heavy atom. The molecule has 0 unspecified atom stereocenters. The molecule has 0 aromatic heterocycles. The molecule has 0 aromatic carbocycles. The minimum Gasteiger partial charge on any atom is -1.00 e. The number of alkyl halides is 1. The Kier molecular flexibility index (Phi) is 10.7. The van der Waals surface area contributed by atoms with Gasteiger partial charge in [-0.3, -0.25) is 4.79 Å². The molecule has 0 aliphatic rings. The van der Waals surface area contributed by atoms with Crippen molar-refractivity contribution < 1.29 is 40.9 Å². The zero-order valence-corrected chi connectivity index (χ0v) is 6.90. The molecule has 0 heterocycles. The largest absolute Gasteiger partial charge is 1.00 e. The molecule has 0 aliphatic heterocycles. The van der Waals surface area contributed by atoms with Gasteiger partial charge in [-0.2, -0.15) is 0 Å². The van der Waals surface area contributed by atoms with E-state index < -0.39 is 6.61 Å². The second-order valence-corrected chi connectivity index (χ2v) is 1.10. The van der Waals surface area contributed by atoms with Gasteiger partial charge in [-0.25, -0.2) is 0 Å². The summed E-state index contributed by atoms with van der Waals surface area (Å²) in [6, 6.07) is 0. The van der Waals surface area contributed by atoms with Gasteiger partial charge in [-0.15, -0.1) is 11.6 Å². The molecule has 0 saturated carbocycles. The van der Waals surface area contributed by atoms with Crippen molar-refractivity contribution in [1.82, 2.24) is 0 Å². The maximum atomic E-state index is 9.80. The Hall–Kier alpha value is 0.920. The maximum Gasteiger partial charge on any atom is 1.00 e. The summed E-state index contributed by atoms with van der Waals surface area (Å²) >= 11 is 4.94. The van der Waals surface area contributed by atoms with E-state index in [4.69, 9.17) is 16.7 Å². The van der Waals surface area contributed by atoms with Crippen molar-refractivity contribution in [2.24, 2.45) is 0 Å². The van der Waals surface area contributed by atoms with E-state index in [-0.39, 0.29) is 42.6 Å². The summed E-state index contributed by atoms with van der Waals surface area (Å²) in [6.45, 7) is -0.441.